The monoisotopic (exact) mass is 342 g/mol. The molecule has 1 amide bonds. The number of halogens is 1. The Bertz CT molecular complexity index is 773. The van der Waals surface area contributed by atoms with Crippen LogP contribution in [0.5, 0.6) is 0 Å². The van der Waals surface area contributed by atoms with E-state index in [1.54, 1.807) is 18.3 Å². The van der Waals surface area contributed by atoms with E-state index in [4.69, 9.17) is 5.14 Å². The summed E-state index contributed by atoms with van der Waals surface area (Å²) in [5.41, 5.74) is 0.722. The van der Waals surface area contributed by atoms with Gasteiger partial charge in [-0.15, -0.1) is 0 Å². The van der Waals surface area contributed by atoms with E-state index in [2.05, 4.69) is 5.32 Å². The van der Waals surface area contributed by atoms with E-state index in [9.17, 15) is 17.6 Å². The van der Waals surface area contributed by atoms with Crippen LogP contribution in [-0.4, -0.2) is 20.4 Å². The Labute approximate surface area is 132 Å². The summed E-state index contributed by atoms with van der Waals surface area (Å²) in [4.78, 5) is 11.8. The summed E-state index contributed by atoms with van der Waals surface area (Å²) in [6, 6.07) is 4.60. The quantitative estimate of drug-likeness (QED) is 0.869. The normalized spacial score (nSPS) is 12.9. The van der Waals surface area contributed by atoms with Crippen LogP contribution >= 0.6 is 11.3 Å². The molecule has 1 unspecified atom stereocenters. The molecule has 2 aromatic rings. The van der Waals surface area contributed by atoms with Gasteiger partial charge in [-0.1, -0.05) is 0 Å². The topological polar surface area (TPSA) is 89.3 Å². The largest absolute Gasteiger partial charge is 0.349 e. The van der Waals surface area contributed by atoms with E-state index in [0.717, 1.165) is 23.8 Å². The number of nitrogens with one attached hydrogen (secondary N) is 1. The molecule has 0 spiro atoms. The second-order valence-corrected chi connectivity index (χ2v) is 7.24. The number of carbonyl (C=O) groups excluding carboxylic acids is 1. The van der Waals surface area contributed by atoms with Crippen molar-refractivity contribution in [3.8, 4) is 0 Å². The van der Waals surface area contributed by atoms with E-state index in [1.165, 1.54) is 0 Å². The predicted octanol–water partition coefficient (Wildman–Crippen LogP) is 1.90. The summed E-state index contributed by atoms with van der Waals surface area (Å²) in [5.74, 6) is -1.47. The van der Waals surface area contributed by atoms with Crippen LogP contribution in [0.2, 0.25) is 0 Å². The summed E-state index contributed by atoms with van der Waals surface area (Å²) in [6.45, 7) is 1.79. The molecule has 0 fully saturated rings. The van der Waals surface area contributed by atoms with Gasteiger partial charge in [-0.05, 0) is 53.9 Å². The molecule has 2 rings (SSSR count). The van der Waals surface area contributed by atoms with E-state index >= 15 is 0 Å². The van der Waals surface area contributed by atoms with Gasteiger partial charge in [-0.3, -0.25) is 4.79 Å². The molecule has 0 bridgehead atoms. The van der Waals surface area contributed by atoms with Crippen molar-refractivity contribution in [3.63, 3.8) is 0 Å². The second kappa shape index (κ2) is 6.55. The van der Waals surface area contributed by atoms with Gasteiger partial charge in [0.15, 0.2) is 0 Å². The average Bonchev–Trinajstić information content (AvgIpc) is 2.90. The lowest BCUT2D eigenvalue weighted by Gasteiger charge is -2.14. The van der Waals surface area contributed by atoms with Gasteiger partial charge < -0.3 is 5.32 Å². The van der Waals surface area contributed by atoms with Crippen molar-refractivity contribution in [3.05, 3.63) is 52.0 Å². The minimum absolute atomic E-state index is 0.223. The number of primary sulfonamides is 1. The van der Waals surface area contributed by atoms with Gasteiger partial charge >= 0.3 is 0 Å². The van der Waals surface area contributed by atoms with E-state index in [-0.39, 0.29) is 16.5 Å². The SMILES string of the molecule is CC(Cc1ccsc1)NC(=O)c1cc(S(N)(=O)=O)ccc1F. The third kappa shape index (κ3) is 4.12. The zero-order valence-electron chi connectivity index (χ0n) is 11.7. The van der Waals surface area contributed by atoms with Crippen molar-refractivity contribution in [1.82, 2.24) is 5.32 Å². The first kappa shape index (κ1) is 16.6. The van der Waals surface area contributed by atoms with Crippen LogP contribution < -0.4 is 10.5 Å². The standard InChI is InChI=1S/C14H15FN2O3S2/c1-9(6-10-4-5-21-8-10)17-14(18)12-7-11(22(16,19)20)2-3-13(12)15/h2-5,7-9H,6H2,1H3,(H,17,18)(H2,16,19,20). The maximum Gasteiger partial charge on any atom is 0.254 e. The molecule has 0 saturated carbocycles. The highest BCUT2D eigenvalue weighted by molar-refractivity contribution is 7.89. The van der Waals surface area contributed by atoms with Crippen LogP contribution in [0.3, 0.4) is 0 Å². The molecule has 118 valence electrons. The predicted molar refractivity (Wildman–Crippen MR) is 82.7 cm³/mol. The van der Waals surface area contributed by atoms with Gasteiger partial charge in [0, 0.05) is 6.04 Å². The molecule has 1 aromatic heterocycles. The Morgan fingerprint density at radius 1 is 1.41 bits per heavy atom. The number of sulfonamides is 1. The van der Waals surface area contributed by atoms with E-state index < -0.39 is 21.7 Å². The van der Waals surface area contributed by atoms with Gasteiger partial charge in [0.1, 0.15) is 5.82 Å². The van der Waals surface area contributed by atoms with Crippen molar-refractivity contribution >= 4 is 27.3 Å². The maximum atomic E-state index is 13.7. The summed E-state index contributed by atoms with van der Waals surface area (Å²) in [7, 11) is -3.99. The first-order valence-corrected chi connectivity index (χ1v) is 8.90. The molecule has 1 heterocycles. The Morgan fingerprint density at radius 2 is 2.14 bits per heavy atom. The van der Waals surface area contributed by atoms with E-state index in [1.807, 2.05) is 16.8 Å². The molecular weight excluding hydrogens is 327 g/mol. The molecule has 1 aromatic carbocycles. The number of carbonyl (C=O) groups is 1. The fourth-order valence-corrected chi connectivity index (χ4v) is 3.19. The molecule has 1 atom stereocenters. The summed E-state index contributed by atoms with van der Waals surface area (Å²) >= 11 is 1.55. The van der Waals surface area contributed by atoms with Crippen LogP contribution in [0, 0.1) is 5.82 Å². The van der Waals surface area contributed by atoms with Crippen molar-refractivity contribution in [2.24, 2.45) is 5.14 Å². The number of amides is 1. The highest BCUT2D eigenvalue weighted by atomic mass is 32.2. The second-order valence-electron chi connectivity index (χ2n) is 4.90. The molecule has 0 aliphatic carbocycles. The van der Waals surface area contributed by atoms with Gasteiger partial charge in [-0.25, -0.2) is 17.9 Å². The number of hydrogen-bond acceptors (Lipinski definition) is 4. The highest BCUT2D eigenvalue weighted by Crippen LogP contribution is 2.15. The maximum absolute atomic E-state index is 13.7. The van der Waals surface area contributed by atoms with Crippen LogP contribution in [0.1, 0.15) is 22.8 Å². The molecule has 0 aliphatic heterocycles. The van der Waals surface area contributed by atoms with Crippen molar-refractivity contribution in [1.29, 1.82) is 0 Å². The Kier molecular flexibility index (Phi) is 4.94. The van der Waals surface area contributed by atoms with Gasteiger partial charge in [0.05, 0.1) is 10.5 Å². The minimum Gasteiger partial charge on any atom is -0.349 e. The Hall–Kier alpha value is -1.77. The molecule has 3 N–H and O–H groups in total. The van der Waals surface area contributed by atoms with Crippen molar-refractivity contribution < 1.29 is 17.6 Å². The fourth-order valence-electron chi connectivity index (χ4n) is 1.97. The van der Waals surface area contributed by atoms with Crippen LogP contribution in [0.15, 0.2) is 39.9 Å². The number of benzene rings is 1. The first-order chi connectivity index (χ1) is 10.3. The summed E-state index contributed by atoms with van der Waals surface area (Å²) in [6.07, 6.45) is 0.603. The number of thiophene rings is 1. The van der Waals surface area contributed by atoms with Crippen molar-refractivity contribution in [2.45, 2.75) is 24.3 Å². The Balaban J connectivity index is 2.15. The van der Waals surface area contributed by atoms with Crippen LogP contribution in [-0.2, 0) is 16.4 Å². The number of nitrogens with two attached hydrogens (primary N) is 1. The molecule has 22 heavy (non-hydrogen) atoms. The summed E-state index contributed by atoms with van der Waals surface area (Å²) in [5, 5.41) is 11.5. The molecular formula is C14H15FN2O3S2. The Morgan fingerprint density at radius 3 is 2.73 bits per heavy atom. The molecule has 0 aliphatic rings. The lowest BCUT2D eigenvalue weighted by molar-refractivity contribution is 0.0936. The molecule has 8 heteroatoms. The molecule has 5 nitrogen and oxygen atoms in total. The summed E-state index contributed by atoms with van der Waals surface area (Å²) < 4.78 is 36.3. The third-order valence-electron chi connectivity index (χ3n) is 3.01. The van der Waals surface area contributed by atoms with E-state index in [0.29, 0.717) is 6.42 Å². The first-order valence-electron chi connectivity index (χ1n) is 6.41. The van der Waals surface area contributed by atoms with Crippen LogP contribution in [0.4, 0.5) is 4.39 Å². The minimum atomic E-state index is -3.99. The lowest BCUT2D eigenvalue weighted by atomic mass is 10.1. The molecule has 0 saturated heterocycles. The van der Waals surface area contributed by atoms with Crippen LogP contribution in [0.25, 0.3) is 0 Å². The van der Waals surface area contributed by atoms with Gasteiger partial charge in [0.2, 0.25) is 10.0 Å². The van der Waals surface area contributed by atoms with Gasteiger partial charge in [-0.2, -0.15) is 11.3 Å². The molecule has 0 radical (unpaired) electrons. The fraction of sp³-hybridized carbons (Fsp3) is 0.214. The lowest BCUT2D eigenvalue weighted by Crippen LogP contribution is -2.34. The van der Waals surface area contributed by atoms with Gasteiger partial charge in [0.25, 0.3) is 5.91 Å². The van der Waals surface area contributed by atoms with Crippen molar-refractivity contribution in [2.75, 3.05) is 0 Å². The average molecular weight is 342 g/mol. The number of hydrogen-bond donors (Lipinski definition) is 2. The zero-order valence-corrected chi connectivity index (χ0v) is 13.4. The number of rotatable bonds is 5. The smallest absolute Gasteiger partial charge is 0.254 e. The zero-order chi connectivity index (χ0) is 16.3. The highest BCUT2D eigenvalue weighted by Gasteiger charge is 2.18. The third-order valence-corrected chi connectivity index (χ3v) is 4.65.